The number of hydrogen-bond acceptors (Lipinski definition) is 8. The van der Waals surface area contributed by atoms with E-state index in [1.54, 1.807) is 12.1 Å². The van der Waals surface area contributed by atoms with Gasteiger partial charge in [0.1, 0.15) is 10.7 Å². The second-order valence-corrected chi connectivity index (χ2v) is 9.39. The van der Waals surface area contributed by atoms with E-state index >= 15 is 0 Å². The predicted molar refractivity (Wildman–Crippen MR) is 127 cm³/mol. The largest absolute Gasteiger partial charge is 0.298 e. The number of hydroxylamine groups is 1. The molecule has 1 aliphatic heterocycles. The highest BCUT2D eigenvalue weighted by atomic mass is 32.1. The Morgan fingerprint density at radius 1 is 1.12 bits per heavy atom. The Morgan fingerprint density at radius 3 is 2.73 bits per heavy atom. The minimum atomic E-state index is -0.234. The van der Waals surface area contributed by atoms with Crippen LogP contribution in [0.4, 0.5) is 0 Å². The lowest BCUT2D eigenvalue weighted by molar-refractivity contribution is -0.0542. The van der Waals surface area contributed by atoms with E-state index in [1.165, 1.54) is 11.3 Å². The van der Waals surface area contributed by atoms with E-state index in [1.807, 2.05) is 43.6 Å². The van der Waals surface area contributed by atoms with Crippen LogP contribution in [0.15, 0.2) is 54.9 Å². The van der Waals surface area contributed by atoms with E-state index in [4.69, 9.17) is 9.82 Å². The first-order valence-electron chi connectivity index (χ1n) is 10.8. The van der Waals surface area contributed by atoms with Crippen LogP contribution in [0.2, 0.25) is 0 Å². The monoisotopic (exact) mass is 460 g/mol. The van der Waals surface area contributed by atoms with Crippen molar-refractivity contribution in [2.24, 2.45) is 0 Å². The first-order chi connectivity index (χ1) is 16.1. The van der Waals surface area contributed by atoms with Crippen molar-refractivity contribution in [3.8, 4) is 10.7 Å². The van der Waals surface area contributed by atoms with Crippen LogP contribution in [-0.4, -0.2) is 50.7 Å². The summed E-state index contributed by atoms with van der Waals surface area (Å²) in [5.74, 6) is -0.234. The van der Waals surface area contributed by atoms with Crippen molar-refractivity contribution in [3.63, 3.8) is 0 Å². The van der Waals surface area contributed by atoms with Gasteiger partial charge in [0.15, 0.2) is 5.01 Å². The zero-order chi connectivity index (χ0) is 22.8. The van der Waals surface area contributed by atoms with Crippen LogP contribution in [0.25, 0.3) is 21.5 Å². The molecule has 0 radical (unpaired) electrons. The van der Waals surface area contributed by atoms with E-state index in [-0.39, 0.29) is 18.1 Å². The number of amides is 1. The van der Waals surface area contributed by atoms with Crippen molar-refractivity contribution in [2.75, 3.05) is 13.6 Å². The molecule has 1 aromatic carbocycles. The van der Waals surface area contributed by atoms with Crippen LogP contribution in [0.1, 0.15) is 39.9 Å². The molecule has 1 fully saturated rings. The first-order valence-corrected chi connectivity index (χ1v) is 11.7. The zero-order valence-corrected chi connectivity index (χ0v) is 19.2. The first kappa shape index (κ1) is 21.6. The van der Waals surface area contributed by atoms with Gasteiger partial charge >= 0.3 is 0 Å². The molecule has 33 heavy (non-hydrogen) atoms. The molecule has 4 heterocycles. The molecule has 3 aromatic heterocycles. The maximum Gasteiger partial charge on any atom is 0.274 e. The van der Waals surface area contributed by atoms with E-state index < -0.39 is 0 Å². The van der Waals surface area contributed by atoms with Gasteiger partial charge in [0.25, 0.3) is 5.91 Å². The van der Waals surface area contributed by atoms with Gasteiger partial charge in [-0.1, -0.05) is 29.5 Å². The van der Waals surface area contributed by atoms with Crippen LogP contribution < -0.4 is 5.48 Å². The smallest absolute Gasteiger partial charge is 0.274 e. The zero-order valence-electron chi connectivity index (χ0n) is 18.4. The molecule has 168 valence electrons. The third-order valence-corrected chi connectivity index (χ3v) is 6.75. The molecule has 2 atom stereocenters. The van der Waals surface area contributed by atoms with E-state index in [0.717, 1.165) is 51.6 Å². The molecule has 2 unspecified atom stereocenters. The highest BCUT2D eigenvalue weighted by molar-refractivity contribution is 7.14. The van der Waals surface area contributed by atoms with Crippen LogP contribution in [-0.2, 0) is 4.84 Å². The quantitative estimate of drug-likeness (QED) is 0.451. The molecule has 9 heteroatoms. The average molecular weight is 461 g/mol. The van der Waals surface area contributed by atoms with Gasteiger partial charge in [-0.15, -0.1) is 10.2 Å². The molecule has 8 nitrogen and oxygen atoms in total. The Hall–Kier alpha value is -3.27. The molecule has 0 saturated carbocycles. The van der Waals surface area contributed by atoms with Crippen molar-refractivity contribution in [2.45, 2.75) is 31.9 Å². The second kappa shape index (κ2) is 9.30. The number of likely N-dealkylation sites (tertiary alicyclic amines) is 1. The highest BCUT2D eigenvalue weighted by Gasteiger charge is 2.29. The molecule has 4 aromatic rings. The molecule has 1 aliphatic rings. The third-order valence-electron chi connectivity index (χ3n) is 5.89. The molecule has 0 aliphatic carbocycles. The summed E-state index contributed by atoms with van der Waals surface area (Å²) in [7, 11) is 2.09. The number of aryl methyl sites for hydroxylation is 1. The van der Waals surface area contributed by atoms with Gasteiger partial charge in [0.2, 0.25) is 0 Å². The number of carbonyl (C=O) groups is 1. The van der Waals surface area contributed by atoms with Gasteiger partial charge in [0, 0.05) is 29.9 Å². The standard InChI is InChI=1S/C24H24N6O2S/c1-15-27-28-24(33-15)21-11-17-10-20(25-13-18(17)14-26-21)22-12-19(8-9-30(22)2)32-29-23(31)16-6-4-3-5-7-16/h3-7,10-11,13-14,19,22H,8-9,12H2,1-2H3,(H,29,31). The fourth-order valence-electron chi connectivity index (χ4n) is 4.04. The molecule has 0 bridgehead atoms. The Labute approximate surface area is 195 Å². The molecule has 0 spiro atoms. The fourth-order valence-corrected chi connectivity index (χ4v) is 4.70. The molecule has 1 saturated heterocycles. The Morgan fingerprint density at radius 2 is 1.94 bits per heavy atom. The van der Waals surface area contributed by atoms with Gasteiger partial charge in [-0.3, -0.25) is 24.5 Å². The van der Waals surface area contributed by atoms with Crippen molar-refractivity contribution in [1.29, 1.82) is 0 Å². The minimum Gasteiger partial charge on any atom is -0.298 e. The third kappa shape index (κ3) is 4.75. The number of fused-ring (bicyclic) bond motifs is 1. The summed E-state index contributed by atoms with van der Waals surface area (Å²) in [5.41, 5.74) is 4.97. The molecule has 5 rings (SSSR count). The fraction of sp³-hybridized carbons (Fsp3) is 0.292. The number of benzene rings is 1. The normalized spacial score (nSPS) is 19.0. The summed E-state index contributed by atoms with van der Waals surface area (Å²) in [6.07, 6.45) is 5.17. The van der Waals surface area contributed by atoms with Crippen molar-refractivity contribution in [3.05, 3.63) is 71.1 Å². The highest BCUT2D eigenvalue weighted by Crippen LogP contribution is 2.32. The van der Waals surface area contributed by atoms with Gasteiger partial charge in [-0.25, -0.2) is 5.48 Å². The second-order valence-electron chi connectivity index (χ2n) is 8.21. The SMILES string of the molecule is Cc1nnc(-c2cc3cc(C4CC(ONC(=O)c5ccccc5)CCN4C)ncc3cn2)s1. The van der Waals surface area contributed by atoms with E-state index in [2.05, 4.69) is 38.7 Å². The predicted octanol–water partition coefficient (Wildman–Crippen LogP) is 3.95. The van der Waals surface area contributed by atoms with Crippen molar-refractivity contribution < 1.29 is 9.63 Å². The number of pyridine rings is 2. The van der Waals surface area contributed by atoms with Gasteiger partial charge in [-0.2, -0.15) is 0 Å². The van der Waals surface area contributed by atoms with Gasteiger partial charge in [-0.05, 0) is 56.5 Å². The number of rotatable bonds is 5. The number of hydrogen-bond donors (Lipinski definition) is 1. The molecule has 1 amide bonds. The van der Waals surface area contributed by atoms with Crippen molar-refractivity contribution in [1.82, 2.24) is 30.5 Å². The molecule has 1 N–H and O–H groups in total. The summed E-state index contributed by atoms with van der Waals surface area (Å²) in [6, 6.07) is 13.3. The van der Waals surface area contributed by atoms with Crippen LogP contribution in [0, 0.1) is 6.92 Å². The summed E-state index contributed by atoms with van der Waals surface area (Å²) < 4.78 is 0. The summed E-state index contributed by atoms with van der Waals surface area (Å²) in [6.45, 7) is 2.78. The van der Waals surface area contributed by atoms with Crippen LogP contribution in [0.3, 0.4) is 0 Å². The number of piperidine rings is 1. The Kier molecular flexibility index (Phi) is 6.08. The van der Waals surface area contributed by atoms with Crippen LogP contribution >= 0.6 is 11.3 Å². The molecular formula is C24H24N6O2S. The number of nitrogens with zero attached hydrogens (tertiary/aromatic N) is 5. The maximum absolute atomic E-state index is 12.3. The summed E-state index contributed by atoms with van der Waals surface area (Å²) >= 11 is 1.53. The number of nitrogens with one attached hydrogen (secondary N) is 1. The topological polar surface area (TPSA) is 93.1 Å². The maximum atomic E-state index is 12.3. The summed E-state index contributed by atoms with van der Waals surface area (Å²) in [4.78, 5) is 29.6. The van der Waals surface area contributed by atoms with Gasteiger partial charge < -0.3 is 0 Å². The van der Waals surface area contributed by atoms with Gasteiger partial charge in [0.05, 0.1) is 17.8 Å². The Balaban J connectivity index is 1.32. The lowest BCUT2D eigenvalue weighted by Gasteiger charge is -2.36. The van der Waals surface area contributed by atoms with Crippen molar-refractivity contribution >= 4 is 28.0 Å². The average Bonchev–Trinajstić information content (AvgIpc) is 3.29. The number of carbonyl (C=O) groups excluding carboxylic acids is 1. The Bertz CT molecular complexity index is 1280. The summed E-state index contributed by atoms with van der Waals surface area (Å²) in [5, 5.41) is 12.1. The lowest BCUT2D eigenvalue weighted by Crippen LogP contribution is -2.40. The lowest BCUT2D eigenvalue weighted by atomic mass is 9.96. The number of aromatic nitrogens is 4. The minimum absolute atomic E-state index is 0.0853. The molecular weight excluding hydrogens is 436 g/mol. The van der Waals surface area contributed by atoms with E-state index in [9.17, 15) is 4.79 Å². The van der Waals surface area contributed by atoms with E-state index in [0.29, 0.717) is 5.56 Å². The van der Waals surface area contributed by atoms with Crippen LogP contribution in [0.5, 0.6) is 0 Å².